The number of alkyl halides is 3. The quantitative estimate of drug-likeness (QED) is 0.172. The second-order valence-corrected chi connectivity index (χ2v) is 13.4. The predicted octanol–water partition coefficient (Wildman–Crippen LogP) is 8.30. The Labute approximate surface area is 275 Å². The van der Waals surface area contributed by atoms with E-state index < -0.39 is 6.36 Å². The summed E-state index contributed by atoms with van der Waals surface area (Å²) in [4.78, 5) is 22.5. The van der Waals surface area contributed by atoms with Crippen molar-refractivity contribution in [1.29, 1.82) is 0 Å². The maximum atomic E-state index is 13.0. The van der Waals surface area contributed by atoms with Crippen LogP contribution in [0.3, 0.4) is 0 Å². The number of carbonyl (C=O) groups excluding carboxylic acids is 1. The summed E-state index contributed by atoms with van der Waals surface area (Å²) in [6.45, 7) is 13.1. The van der Waals surface area contributed by atoms with Crippen LogP contribution >= 0.6 is 11.3 Å². The number of aromatic nitrogens is 4. The van der Waals surface area contributed by atoms with Gasteiger partial charge in [-0.1, -0.05) is 64.1 Å². The van der Waals surface area contributed by atoms with Gasteiger partial charge in [0.25, 0.3) is 0 Å². The molecule has 0 spiro atoms. The van der Waals surface area contributed by atoms with Crippen molar-refractivity contribution in [2.45, 2.75) is 60.2 Å². The van der Waals surface area contributed by atoms with Crippen molar-refractivity contribution in [2.75, 3.05) is 6.54 Å². The number of rotatable bonds is 9. The molecule has 246 valence electrons. The zero-order valence-corrected chi connectivity index (χ0v) is 27.9. The van der Waals surface area contributed by atoms with Crippen molar-refractivity contribution < 1.29 is 22.7 Å². The first-order valence-electron chi connectivity index (χ1n) is 15.2. The fourth-order valence-electron chi connectivity index (χ4n) is 5.52. The van der Waals surface area contributed by atoms with Crippen LogP contribution in [-0.4, -0.2) is 38.3 Å². The molecule has 2 amide bonds. The normalized spacial score (nSPS) is 12.5. The average Bonchev–Trinajstić information content (AvgIpc) is 3.63. The molecule has 0 radical (unpaired) electrons. The number of aryl methyl sites for hydroxylation is 2. The molecule has 5 aromatic rings. The van der Waals surface area contributed by atoms with E-state index in [-0.39, 0.29) is 17.2 Å². The second-order valence-electron chi connectivity index (χ2n) is 12.5. The largest absolute Gasteiger partial charge is 0.573 e. The van der Waals surface area contributed by atoms with E-state index in [0.29, 0.717) is 35.2 Å². The van der Waals surface area contributed by atoms with Crippen molar-refractivity contribution in [3.05, 3.63) is 106 Å². The smallest absolute Gasteiger partial charge is 0.406 e. The van der Waals surface area contributed by atoms with Crippen LogP contribution in [0.15, 0.2) is 83.4 Å². The van der Waals surface area contributed by atoms with Crippen molar-refractivity contribution in [2.24, 2.45) is 10.4 Å². The first kappa shape index (κ1) is 33.6. The molecule has 0 saturated carbocycles. The molecule has 2 heterocycles. The fourth-order valence-corrected chi connectivity index (χ4v) is 6.39. The maximum absolute atomic E-state index is 13.0. The molecule has 8 nitrogen and oxygen atoms in total. The van der Waals surface area contributed by atoms with Gasteiger partial charge in [-0.15, -0.1) is 29.6 Å². The van der Waals surface area contributed by atoms with Crippen LogP contribution in [-0.2, 0) is 6.42 Å². The van der Waals surface area contributed by atoms with Crippen molar-refractivity contribution >= 4 is 17.4 Å². The molecule has 0 aliphatic rings. The predicted molar refractivity (Wildman–Crippen MR) is 177 cm³/mol. The maximum Gasteiger partial charge on any atom is 0.573 e. The summed E-state index contributed by atoms with van der Waals surface area (Å²) in [6, 6.07) is 19.1. The first-order chi connectivity index (χ1) is 22.2. The molecule has 5 rings (SSSR count). The van der Waals surface area contributed by atoms with E-state index in [2.05, 4.69) is 76.4 Å². The number of amides is 2. The molecule has 0 aliphatic heterocycles. The van der Waals surface area contributed by atoms with Crippen LogP contribution in [0.2, 0.25) is 0 Å². The molecule has 0 fully saturated rings. The summed E-state index contributed by atoms with van der Waals surface area (Å²) in [5.41, 5.74) is 6.68. The number of hydrogen-bond donors (Lipinski definition) is 1. The molecule has 0 atom stereocenters. The number of ether oxygens (including phenoxy) is 1. The van der Waals surface area contributed by atoms with E-state index in [1.807, 2.05) is 42.6 Å². The number of nitrogens with one attached hydrogen (secondary N) is 1. The van der Waals surface area contributed by atoms with Gasteiger partial charge in [-0.3, -0.25) is 4.57 Å². The molecule has 0 bridgehead atoms. The van der Waals surface area contributed by atoms with Crippen molar-refractivity contribution in [3.8, 4) is 28.5 Å². The standard InChI is InChI=1S/C35H37F3N6O2S/c1-22(2)30-23(3)8-7-9-29(30)44-24(4)19-47-33(44)41-32(45)39-20-34(5,6)18-25-10-12-26(13-11-25)31-40-21-43(42-31)27-14-16-28(17-15-27)46-35(36,37)38/h7-17,19,21-22H,18,20H2,1-6H3,(H,39,45)/b41-33-. The lowest BCUT2D eigenvalue weighted by atomic mass is 9.85. The van der Waals surface area contributed by atoms with Crippen molar-refractivity contribution in [3.63, 3.8) is 0 Å². The highest BCUT2D eigenvalue weighted by Crippen LogP contribution is 2.28. The topological polar surface area (TPSA) is 86.3 Å². The van der Waals surface area contributed by atoms with Crippen LogP contribution < -0.4 is 14.9 Å². The number of halogens is 3. The Balaban J connectivity index is 1.22. The van der Waals surface area contributed by atoms with E-state index in [1.54, 1.807) is 0 Å². The van der Waals surface area contributed by atoms with Gasteiger partial charge in [0.2, 0.25) is 0 Å². The number of urea groups is 1. The number of nitrogens with zero attached hydrogens (tertiary/aromatic N) is 5. The molecule has 2 aromatic heterocycles. The third-order valence-electron chi connectivity index (χ3n) is 7.64. The van der Waals surface area contributed by atoms with E-state index >= 15 is 0 Å². The van der Waals surface area contributed by atoms with E-state index in [0.717, 1.165) is 22.5 Å². The summed E-state index contributed by atoms with van der Waals surface area (Å²) in [7, 11) is 0. The monoisotopic (exact) mass is 662 g/mol. The molecule has 1 N–H and O–H groups in total. The summed E-state index contributed by atoms with van der Waals surface area (Å²) >= 11 is 1.44. The SMILES string of the molecule is Cc1cccc(-n2c(C)cs/c2=N\C(=O)NCC(C)(C)Cc2ccc(-c3ncn(-c4ccc(OC(F)(F)F)cc4)n3)cc2)c1C(C)C. The lowest BCUT2D eigenvalue weighted by Gasteiger charge is -2.24. The van der Waals surface area contributed by atoms with E-state index in [1.165, 1.54) is 57.7 Å². The zero-order chi connectivity index (χ0) is 33.9. The summed E-state index contributed by atoms with van der Waals surface area (Å²) < 4.78 is 44.8. The molecular formula is C35H37F3N6O2S. The summed E-state index contributed by atoms with van der Waals surface area (Å²) in [5.74, 6) is 0.491. The highest BCUT2D eigenvalue weighted by Gasteiger charge is 2.31. The van der Waals surface area contributed by atoms with Gasteiger partial charge < -0.3 is 10.1 Å². The molecule has 0 aliphatic carbocycles. The van der Waals surface area contributed by atoms with Gasteiger partial charge in [0.05, 0.1) is 11.4 Å². The Hall–Kier alpha value is -4.71. The van der Waals surface area contributed by atoms with Crippen LogP contribution in [0, 0.1) is 19.3 Å². The number of benzene rings is 3. The van der Waals surface area contributed by atoms with Gasteiger partial charge >= 0.3 is 12.4 Å². The number of hydrogen-bond acceptors (Lipinski definition) is 5. The van der Waals surface area contributed by atoms with Crippen molar-refractivity contribution in [1.82, 2.24) is 24.6 Å². The second kappa shape index (κ2) is 13.6. The average molecular weight is 663 g/mol. The highest BCUT2D eigenvalue weighted by molar-refractivity contribution is 7.07. The van der Waals surface area contributed by atoms with Crippen LogP contribution in [0.25, 0.3) is 22.8 Å². The lowest BCUT2D eigenvalue weighted by Crippen LogP contribution is -2.35. The first-order valence-corrected chi connectivity index (χ1v) is 16.0. The third kappa shape index (κ3) is 8.37. The van der Waals surface area contributed by atoms with Gasteiger partial charge in [-0.05, 0) is 78.6 Å². The Morgan fingerprint density at radius 2 is 1.72 bits per heavy atom. The van der Waals surface area contributed by atoms with Crippen LogP contribution in [0.1, 0.15) is 56.0 Å². The molecule has 3 aromatic carbocycles. The van der Waals surface area contributed by atoms with E-state index in [4.69, 9.17) is 0 Å². The molecule has 0 unspecified atom stereocenters. The van der Waals surface area contributed by atoms with Gasteiger partial charge in [0.15, 0.2) is 10.6 Å². The number of thiazole rings is 1. The van der Waals surface area contributed by atoms with Gasteiger partial charge in [0.1, 0.15) is 12.1 Å². The van der Waals surface area contributed by atoms with Gasteiger partial charge in [0, 0.05) is 23.2 Å². The number of carbonyl (C=O) groups is 1. The van der Waals surface area contributed by atoms with Crippen LogP contribution in [0.4, 0.5) is 18.0 Å². The highest BCUT2D eigenvalue weighted by atomic mass is 32.1. The van der Waals surface area contributed by atoms with Gasteiger partial charge in [-0.25, -0.2) is 14.5 Å². The fraction of sp³-hybridized carbons (Fsp3) is 0.314. The van der Waals surface area contributed by atoms with Gasteiger partial charge in [-0.2, -0.15) is 4.99 Å². The third-order valence-corrected chi connectivity index (χ3v) is 8.58. The lowest BCUT2D eigenvalue weighted by molar-refractivity contribution is -0.274. The molecule has 47 heavy (non-hydrogen) atoms. The zero-order valence-electron chi connectivity index (χ0n) is 27.1. The Morgan fingerprint density at radius 3 is 2.38 bits per heavy atom. The minimum atomic E-state index is -4.75. The molecule has 12 heteroatoms. The molecule has 0 saturated heterocycles. The van der Waals surface area contributed by atoms with E-state index in [9.17, 15) is 18.0 Å². The summed E-state index contributed by atoms with van der Waals surface area (Å²) in [5, 5.41) is 9.48. The minimum absolute atomic E-state index is 0.253. The van der Waals surface area contributed by atoms with Crippen LogP contribution in [0.5, 0.6) is 5.75 Å². The Kier molecular flexibility index (Phi) is 9.71. The minimum Gasteiger partial charge on any atom is -0.406 e. The summed E-state index contributed by atoms with van der Waals surface area (Å²) in [6.07, 6.45) is -2.54. The Bertz CT molecular complexity index is 1920. The molecular weight excluding hydrogens is 625 g/mol. The Morgan fingerprint density at radius 1 is 1.02 bits per heavy atom.